The van der Waals surface area contributed by atoms with Gasteiger partial charge < -0.3 is 14.6 Å². The summed E-state index contributed by atoms with van der Waals surface area (Å²) in [6.45, 7) is 3.37. The monoisotopic (exact) mass is 397 g/mol. The molecule has 0 atom stereocenters. The molecule has 1 N–H and O–H groups in total. The van der Waals surface area contributed by atoms with Crippen LogP contribution in [-0.2, 0) is 20.9 Å². The first-order valence-electron chi connectivity index (χ1n) is 8.68. The molecule has 8 heteroatoms. The quantitative estimate of drug-likeness (QED) is 0.670. The Morgan fingerprint density at radius 3 is 2.57 bits per heavy atom. The first-order chi connectivity index (χ1) is 13.5. The lowest BCUT2D eigenvalue weighted by Crippen LogP contribution is -2.23. The minimum atomic E-state index is -0.415. The molecular formula is C20H19N3O4S. The van der Waals surface area contributed by atoms with E-state index in [2.05, 4.69) is 10.3 Å². The zero-order valence-electron chi connectivity index (χ0n) is 15.5. The maximum atomic E-state index is 12.5. The molecule has 0 fully saturated rings. The number of rotatable bonds is 5. The minimum absolute atomic E-state index is 0.0613. The van der Waals surface area contributed by atoms with Crippen molar-refractivity contribution < 1.29 is 19.1 Å². The van der Waals surface area contributed by atoms with Crippen molar-refractivity contribution in [2.45, 2.75) is 20.4 Å². The van der Waals surface area contributed by atoms with Crippen molar-refractivity contribution in [3.63, 3.8) is 0 Å². The Kier molecular flexibility index (Phi) is 6.00. The van der Waals surface area contributed by atoms with E-state index >= 15 is 0 Å². The fourth-order valence-corrected chi connectivity index (χ4v) is 3.73. The van der Waals surface area contributed by atoms with E-state index in [9.17, 15) is 14.4 Å². The molecule has 3 rings (SSSR count). The number of fused-ring (bicyclic) bond motifs is 1. The highest BCUT2D eigenvalue weighted by Gasteiger charge is 2.13. The number of carbonyl (C=O) groups is 3. The Hall–Kier alpha value is -3.26. The fourth-order valence-electron chi connectivity index (χ4n) is 2.66. The van der Waals surface area contributed by atoms with Crippen molar-refractivity contribution in [1.82, 2.24) is 4.57 Å². The third-order valence-corrected chi connectivity index (χ3v) is 4.85. The molecular weight excluding hydrogens is 378 g/mol. The molecule has 0 unspecified atom stereocenters. The molecule has 0 aliphatic carbocycles. The van der Waals surface area contributed by atoms with Crippen LogP contribution >= 0.6 is 11.3 Å². The number of thiazole rings is 1. The molecule has 1 heterocycles. The van der Waals surface area contributed by atoms with E-state index in [1.54, 1.807) is 54.0 Å². The maximum absolute atomic E-state index is 12.5. The van der Waals surface area contributed by atoms with Gasteiger partial charge in [-0.05, 0) is 37.3 Å². The first-order valence-corrected chi connectivity index (χ1v) is 9.50. The van der Waals surface area contributed by atoms with Gasteiger partial charge in [-0.2, -0.15) is 4.99 Å². The molecule has 144 valence electrons. The zero-order valence-corrected chi connectivity index (χ0v) is 16.3. The van der Waals surface area contributed by atoms with Gasteiger partial charge in [-0.25, -0.2) is 0 Å². The number of hydrogen-bond donors (Lipinski definition) is 1. The van der Waals surface area contributed by atoms with Crippen LogP contribution in [0.2, 0.25) is 0 Å². The predicted octanol–water partition coefficient (Wildman–Crippen LogP) is 2.97. The summed E-state index contributed by atoms with van der Waals surface area (Å²) >= 11 is 1.26. The van der Waals surface area contributed by atoms with E-state index in [4.69, 9.17) is 4.74 Å². The first kappa shape index (κ1) is 19.5. The number of nitrogens with zero attached hydrogens (tertiary/aromatic N) is 2. The number of amides is 2. The van der Waals surface area contributed by atoms with Crippen LogP contribution in [0.1, 0.15) is 24.2 Å². The van der Waals surface area contributed by atoms with Crippen LogP contribution in [0.25, 0.3) is 10.2 Å². The third kappa shape index (κ3) is 4.52. The number of ether oxygens (including phenoxy) is 1. The summed E-state index contributed by atoms with van der Waals surface area (Å²) in [5, 5.41) is 2.72. The minimum Gasteiger partial charge on any atom is -0.465 e. The van der Waals surface area contributed by atoms with Gasteiger partial charge in [0.25, 0.3) is 5.91 Å². The van der Waals surface area contributed by atoms with Crippen molar-refractivity contribution in [1.29, 1.82) is 0 Å². The average molecular weight is 397 g/mol. The normalized spacial score (nSPS) is 11.4. The standard InChI is InChI=1S/C20H19N3O4S/c1-3-27-18(25)12-23-16-10-9-15(21-13(2)24)11-17(16)28-20(23)22-19(26)14-7-5-4-6-8-14/h4-11H,3,12H2,1-2H3,(H,21,24). The van der Waals surface area contributed by atoms with Crippen LogP contribution in [0.5, 0.6) is 0 Å². The number of anilines is 1. The number of hydrogen-bond acceptors (Lipinski definition) is 5. The van der Waals surface area contributed by atoms with Crippen molar-refractivity contribution >= 4 is 45.0 Å². The van der Waals surface area contributed by atoms with E-state index in [1.165, 1.54) is 18.3 Å². The van der Waals surface area contributed by atoms with Gasteiger partial charge in [0.2, 0.25) is 5.91 Å². The van der Waals surface area contributed by atoms with Gasteiger partial charge in [-0.1, -0.05) is 29.5 Å². The van der Waals surface area contributed by atoms with Crippen molar-refractivity contribution in [3.8, 4) is 0 Å². The Morgan fingerprint density at radius 1 is 1.14 bits per heavy atom. The zero-order chi connectivity index (χ0) is 20.1. The van der Waals surface area contributed by atoms with E-state index in [1.807, 2.05) is 6.07 Å². The summed E-state index contributed by atoms with van der Waals surface area (Å²) < 4.78 is 7.48. The lowest BCUT2D eigenvalue weighted by Gasteiger charge is -2.06. The van der Waals surface area contributed by atoms with Crippen LogP contribution in [0.3, 0.4) is 0 Å². The molecule has 0 saturated carbocycles. The highest BCUT2D eigenvalue weighted by Crippen LogP contribution is 2.22. The van der Waals surface area contributed by atoms with Crippen LogP contribution in [0.4, 0.5) is 5.69 Å². The van der Waals surface area contributed by atoms with E-state index < -0.39 is 11.9 Å². The van der Waals surface area contributed by atoms with Crippen molar-refractivity contribution in [2.24, 2.45) is 4.99 Å². The second-order valence-corrected chi connectivity index (χ2v) is 6.93. The summed E-state index contributed by atoms with van der Waals surface area (Å²) in [5.74, 6) is -0.993. The number of esters is 1. The SMILES string of the molecule is CCOC(=O)Cn1c(=NC(=O)c2ccccc2)sc2cc(NC(C)=O)ccc21. The van der Waals surface area contributed by atoms with Crippen LogP contribution in [0.15, 0.2) is 53.5 Å². The van der Waals surface area contributed by atoms with Crippen molar-refractivity contribution in [2.75, 3.05) is 11.9 Å². The average Bonchev–Trinajstić information content (AvgIpc) is 2.98. The Morgan fingerprint density at radius 2 is 1.89 bits per heavy atom. The fraction of sp³-hybridized carbons (Fsp3) is 0.200. The molecule has 28 heavy (non-hydrogen) atoms. The maximum Gasteiger partial charge on any atom is 0.326 e. The molecule has 0 aliphatic heterocycles. The van der Waals surface area contributed by atoms with E-state index in [-0.39, 0.29) is 19.1 Å². The van der Waals surface area contributed by atoms with Gasteiger partial charge in [-0.3, -0.25) is 14.4 Å². The molecule has 0 radical (unpaired) electrons. The lowest BCUT2D eigenvalue weighted by molar-refractivity contribution is -0.143. The molecule has 0 aliphatic rings. The Bertz CT molecular complexity index is 1100. The van der Waals surface area contributed by atoms with Gasteiger partial charge in [0, 0.05) is 18.2 Å². The molecule has 0 saturated heterocycles. The Balaban J connectivity index is 2.10. The third-order valence-electron chi connectivity index (χ3n) is 3.81. The van der Waals surface area contributed by atoms with Gasteiger partial charge in [0.15, 0.2) is 4.80 Å². The van der Waals surface area contributed by atoms with Gasteiger partial charge in [0.05, 0.1) is 16.8 Å². The molecule has 0 bridgehead atoms. The second kappa shape index (κ2) is 8.62. The van der Waals surface area contributed by atoms with Crippen LogP contribution in [-0.4, -0.2) is 29.0 Å². The summed E-state index contributed by atoms with van der Waals surface area (Å²) in [6.07, 6.45) is 0. The number of nitrogens with one attached hydrogen (secondary N) is 1. The van der Waals surface area contributed by atoms with Gasteiger partial charge >= 0.3 is 5.97 Å². The summed E-state index contributed by atoms with van der Waals surface area (Å²) in [4.78, 5) is 40.5. The molecule has 2 aromatic carbocycles. The highest BCUT2D eigenvalue weighted by atomic mass is 32.1. The Labute approximate surface area is 165 Å². The summed E-state index contributed by atoms with van der Waals surface area (Å²) in [7, 11) is 0. The van der Waals surface area contributed by atoms with Gasteiger partial charge in [0.1, 0.15) is 6.54 Å². The molecule has 3 aromatic rings. The molecule has 2 amide bonds. The summed E-state index contributed by atoms with van der Waals surface area (Å²) in [5.41, 5.74) is 1.82. The number of carbonyl (C=O) groups excluding carboxylic acids is 3. The number of aromatic nitrogens is 1. The predicted molar refractivity (Wildman–Crippen MR) is 107 cm³/mol. The lowest BCUT2D eigenvalue weighted by atomic mass is 10.2. The van der Waals surface area contributed by atoms with E-state index in [0.29, 0.717) is 16.1 Å². The molecule has 1 aromatic heterocycles. The van der Waals surface area contributed by atoms with Crippen LogP contribution < -0.4 is 10.1 Å². The second-order valence-electron chi connectivity index (χ2n) is 5.92. The topological polar surface area (TPSA) is 89.8 Å². The number of benzene rings is 2. The smallest absolute Gasteiger partial charge is 0.326 e. The summed E-state index contributed by atoms with van der Waals surface area (Å²) in [6, 6.07) is 14.0. The van der Waals surface area contributed by atoms with Crippen LogP contribution in [0, 0.1) is 0 Å². The van der Waals surface area contributed by atoms with E-state index in [0.717, 1.165) is 10.2 Å². The van der Waals surface area contributed by atoms with Crippen molar-refractivity contribution in [3.05, 3.63) is 58.9 Å². The molecule has 7 nitrogen and oxygen atoms in total. The highest BCUT2D eigenvalue weighted by molar-refractivity contribution is 7.16. The molecule has 0 spiro atoms. The van der Waals surface area contributed by atoms with Gasteiger partial charge in [-0.15, -0.1) is 0 Å². The largest absolute Gasteiger partial charge is 0.465 e.